The molecule has 1 N–H and O–H groups in total. The van der Waals surface area contributed by atoms with E-state index in [1.165, 1.54) is 0 Å². The number of aryl methyl sites for hydroxylation is 2. The topological polar surface area (TPSA) is 49.4 Å². The second-order valence-corrected chi connectivity index (χ2v) is 8.56. The number of carbonyl (C=O) groups is 2. The minimum Gasteiger partial charge on any atom is -0.354 e. The van der Waals surface area contributed by atoms with Gasteiger partial charge in [0.15, 0.2) is 0 Å². The molecule has 1 atom stereocenters. The molecule has 0 saturated carbocycles. The van der Waals surface area contributed by atoms with Crippen LogP contribution >= 0.6 is 15.9 Å². The van der Waals surface area contributed by atoms with E-state index in [2.05, 4.69) is 34.2 Å². The van der Waals surface area contributed by atoms with Gasteiger partial charge in [0, 0.05) is 17.6 Å². The minimum atomic E-state index is -0.533. The van der Waals surface area contributed by atoms with Crippen molar-refractivity contribution < 1.29 is 9.59 Å². The standard InChI is InChI=1S/C24H31BrN2O2/c1-5-6-11-26-24(29)19(4)27(16-20-7-9-22(25)10-8-20)23(28)15-21-13-17(2)12-18(3)14-21/h7-10,12-14,19H,5-6,11,15-16H2,1-4H3,(H,26,29)/t19-/m1/s1. The fourth-order valence-electron chi connectivity index (χ4n) is 3.35. The van der Waals surface area contributed by atoms with Crippen LogP contribution in [0.1, 0.15) is 48.9 Å². The first-order valence-corrected chi connectivity index (χ1v) is 11.0. The molecule has 0 spiro atoms. The van der Waals surface area contributed by atoms with Gasteiger partial charge in [-0.3, -0.25) is 9.59 Å². The van der Waals surface area contributed by atoms with Gasteiger partial charge in [-0.05, 0) is 50.5 Å². The molecule has 5 heteroatoms. The van der Waals surface area contributed by atoms with E-state index in [4.69, 9.17) is 0 Å². The quantitative estimate of drug-likeness (QED) is 0.540. The number of nitrogens with one attached hydrogen (secondary N) is 1. The second kappa shape index (κ2) is 11.1. The highest BCUT2D eigenvalue weighted by molar-refractivity contribution is 9.10. The molecule has 2 aromatic carbocycles. The summed E-state index contributed by atoms with van der Waals surface area (Å²) in [6, 6.07) is 13.5. The lowest BCUT2D eigenvalue weighted by Crippen LogP contribution is -2.48. The van der Waals surface area contributed by atoms with Crippen molar-refractivity contribution in [3.8, 4) is 0 Å². The summed E-state index contributed by atoms with van der Waals surface area (Å²) in [6.45, 7) is 8.99. The fourth-order valence-corrected chi connectivity index (χ4v) is 3.62. The van der Waals surface area contributed by atoms with Gasteiger partial charge in [-0.2, -0.15) is 0 Å². The van der Waals surface area contributed by atoms with Gasteiger partial charge in [0.2, 0.25) is 11.8 Å². The average molecular weight is 459 g/mol. The van der Waals surface area contributed by atoms with E-state index in [-0.39, 0.29) is 18.2 Å². The molecule has 29 heavy (non-hydrogen) atoms. The Morgan fingerprint density at radius 2 is 1.66 bits per heavy atom. The van der Waals surface area contributed by atoms with Crippen LogP contribution in [0.3, 0.4) is 0 Å². The first-order valence-electron chi connectivity index (χ1n) is 10.2. The number of amides is 2. The van der Waals surface area contributed by atoms with Crippen LogP contribution in [0, 0.1) is 13.8 Å². The summed E-state index contributed by atoms with van der Waals surface area (Å²) in [7, 11) is 0. The van der Waals surface area contributed by atoms with Crippen molar-refractivity contribution in [3.05, 3.63) is 69.2 Å². The van der Waals surface area contributed by atoms with Gasteiger partial charge in [0.05, 0.1) is 6.42 Å². The molecule has 2 rings (SSSR count). The highest BCUT2D eigenvalue weighted by Crippen LogP contribution is 2.17. The molecule has 0 saturated heterocycles. The number of carbonyl (C=O) groups excluding carboxylic acids is 2. The molecule has 0 aliphatic carbocycles. The summed E-state index contributed by atoms with van der Waals surface area (Å²) in [5.74, 6) is -0.152. The Hall–Kier alpha value is -2.14. The summed E-state index contributed by atoms with van der Waals surface area (Å²) in [6.07, 6.45) is 2.23. The Morgan fingerprint density at radius 1 is 1.03 bits per heavy atom. The van der Waals surface area contributed by atoms with Crippen molar-refractivity contribution in [1.29, 1.82) is 0 Å². The van der Waals surface area contributed by atoms with Crippen molar-refractivity contribution in [2.45, 2.75) is 59.5 Å². The van der Waals surface area contributed by atoms with Gasteiger partial charge in [-0.25, -0.2) is 0 Å². The third-order valence-electron chi connectivity index (χ3n) is 4.90. The number of halogens is 1. The molecule has 0 aromatic heterocycles. The molecule has 0 heterocycles. The van der Waals surface area contributed by atoms with Gasteiger partial charge >= 0.3 is 0 Å². The second-order valence-electron chi connectivity index (χ2n) is 7.64. The lowest BCUT2D eigenvalue weighted by Gasteiger charge is -2.29. The normalized spacial score (nSPS) is 11.8. The molecule has 2 amide bonds. The van der Waals surface area contributed by atoms with Crippen molar-refractivity contribution in [3.63, 3.8) is 0 Å². The molecule has 0 unspecified atom stereocenters. The summed E-state index contributed by atoms with van der Waals surface area (Å²) in [5, 5.41) is 2.96. The molecule has 156 valence electrons. The monoisotopic (exact) mass is 458 g/mol. The maximum Gasteiger partial charge on any atom is 0.242 e. The third kappa shape index (κ3) is 7.32. The Bertz CT molecular complexity index is 813. The Labute approximate surface area is 182 Å². The Morgan fingerprint density at radius 3 is 2.24 bits per heavy atom. The maximum atomic E-state index is 13.2. The van der Waals surface area contributed by atoms with Crippen molar-refractivity contribution >= 4 is 27.7 Å². The van der Waals surface area contributed by atoms with E-state index in [1.807, 2.05) is 50.2 Å². The van der Waals surface area contributed by atoms with Gasteiger partial charge < -0.3 is 10.2 Å². The zero-order chi connectivity index (χ0) is 21.4. The van der Waals surface area contributed by atoms with Crippen LogP contribution < -0.4 is 5.32 Å². The van der Waals surface area contributed by atoms with Crippen molar-refractivity contribution in [2.75, 3.05) is 6.54 Å². The number of hydrogen-bond acceptors (Lipinski definition) is 2. The first kappa shape index (κ1) is 23.1. The summed E-state index contributed by atoms with van der Waals surface area (Å²) < 4.78 is 0.986. The molecule has 4 nitrogen and oxygen atoms in total. The van der Waals surface area contributed by atoms with Crippen LogP contribution in [0.2, 0.25) is 0 Å². The van der Waals surface area contributed by atoms with Crippen LogP contribution in [0.15, 0.2) is 46.9 Å². The lowest BCUT2D eigenvalue weighted by molar-refractivity contribution is -0.140. The zero-order valence-electron chi connectivity index (χ0n) is 17.8. The number of benzene rings is 2. The number of hydrogen-bond donors (Lipinski definition) is 1. The largest absolute Gasteiger partial charge is 0.354 e. The smallest absolute Gasteiger partial charge is 0.242 e. The third-order valence-corrected chi connectivity index (χ3v) is 5.43. The fraction of sp³-hybridized carbons (Fsp3) is 0.417. The van der Waals surface area contributed by atoms with Crippen LogP contribution in [-0.4, -0.2) is 29.3 Å². The summed E-state index contributed by atoms with van der Waals surface area (Å²) in [4.78, 5) is 27.6. The predicted octanol–water partition coefficient (Wildman–Crippen LogP) is 4.94. The van der Waals surface area contributed by atoms with E-state index in [1.54, 1.807) is 11.8 Å². The molecular weight excluding hydrogens is 428 g/mol. The molecular formula is C24H31BrN2O2. The molecule has 2 aromatic rings. The molecule has 0 radical (unpaired) electrons. The molecule has 0 fully saturated rings. The van der Waals surface area contributed by atoms with Gasteiger partial charge in [-0.1, -0.05) is 70.7 Å². The maximum absolute atomic E-state index is 13.2. The van der Waals surface area contributed by atoms with Crippen LogP contribution in [-0.2, 0) is 22.6 Å². The number of rotatable bonds is 9. The SMILES string of the molecule is CCCCNC(=O)[C@@H](C)N(Cc1ccc(Br)cc1)C(=O)Cc1cc(C)cc(C)c1. The Balaban J connectivity index is 2.20. The molecule has 0 bridgehead atoms. The summed E-state index contributed by atoms with van der Waals surface area (Å²) >= 11 is 3.44. The molecule has 0 aliphatic heterocycles. The van der Waals surface area contributed by atoms with Crippen molar-refractivity contribution in [1.82, 2.24) is 10.2 Å². The van der Waals surface area contributed by atoms with E-state index in [9.17, 15) is 9.59 Å². The zero-order valence-corrected chi connectivity index (χ0v) is 19.4. The minimum absolute atomic E-state index is 0.0453. The van der Waals surface area contributed by atoms with Gasteiger partial charge in [0.1, 0.15) is 6.04 Å². The number of unbranched alkanes of at least 4 members (excludes halogenated alkanes) is 1. The van der Waals surface area contributed by atoms with Crippen LogP contribution in [0.5, 0.6) is 0 Å². The number of nitrogens with zero attached hydrogens (tertiary/aromatic N) is 1. The van der Waals surface area contributed by atoms with E-state index < -0.39 is 6.04 Å². The first-order chi connectivity index (χ1) is 13.8. The van der Waals surface area contributed by atoms with E-state index in [0.717, 1.165) is 39.6 Å². The van der Waals surface area contributed by atoms with Crippen LogP contribution in [0.25, 0.3) is 0 Å². The lowest BCUT2D eigenvalue weighted by atomic mass is 10.0. The van der Waals surface area contributed by atoms with E-state index in [0.29, 0.717) is 13.1 Å². The summed E-state index contributed by atoms with van der Waals surface area (Å²) in [5.41, 5.74) is 4.25. The molecule has 0 aliphatic rings. The van der Waals surface area contributed by atoms with Crippen molar-refractivity contribution in [2.24, 2.45) is 0 Å². The highest BCUT2D eigenvalue weighted by atomic mass is 79.9. The van der Waals surface area contributed by atoms with Gasteiger partial charge in [-0.15, -0.1) is 0 Å². The highest BCUT2D eigenvalue weighted by Gasteiger charge is 2.26. The average Bonchev–Trinajstić information content (AvgIpc) is 2.66. The van der Waals surface area contributed by atoms with Crippen LogP contribution in [0.4, 0.5) is 0 Å². The predicted molar refractivity (Wildman–Crippen MR) is 122 cm³/mol. The van der Waals surface area contributed by atoms with Gasteiger partial charge in [0.25, 0.3) is 0 Å². The van der Waals surface area contributed by atoms with E-state index >= 15 is 0 Å². The Kier molecular flexibility index (Phi) is 8.90.